The molecule has 2 unspecified atom stereocenters. The maximum absolute atomic E-state index is 12.2. The SMILES string of the molecule is O=C(O)C(OC(=O)C(C(=O)O)c1ccccc1)c1ccc(Cl)cc1. The maximum Gasteiger partial charge on any atom is 0.349 e. The van der Waals surface area contributed by atoms with Crippen LogP contribution in [-0.4, -0.2) is 28.1 Å². The van der Waals surface area contributed by atoms with E-state index in [0.29, 0.717) is 5.02 Å². The Bertz CT molecular complexity index is 741. The summed E-state index contributed by atoms with van der Waals surface area (Å²) in [7, 11) is 0. The Kier molecular flexibility index (Phi) is 5.55. The Morgan fingerprint density at radius 2 is 1.42 bits per heavy atom. The Hall–Kier alpha value is -2.86. The average molecular weight is 349 g/mol. The number of carboxylic acid groups (broad SMARTS) is 2. The summed E-state index contributed by atoms with van der Waals surface area (Å²) in [5.41, 5.74) is 0.382. The fourth-order valence-electron chi connectivity index (χ4n) is 2.11. The molecule has 0 aliphatic carbocycles. The van der Waals surface area contributed by atoms with Gasteiger partial charge in [-0.05, 0) is 17.7 Å². The van der Waals surface area contributed by atoms with Gasteiger partial charge in [-0.3, -0.25) is 9.59 Å². The highest BCUT2D eigenvalue weighted by atomic mass is 35.5. The quantitative estimate of drug-likeness (QED) is 0.615. The van der Waals surface area contributed by atoms with Crippen LogP contribution in [0, 0.1) is 0 Å². The zero-order chi connectivity index (χ0) is 17.7. The number of carbonyl (C=O) groups is 3. The molecular formula is C17H13ClO6. The molecular weight excluding hydrogens is 336 g/mol. The topological polar surface area (TPSA) is 101 Å². The first-order valence-corrected chi connectivity index (χ1v) is 7.24. The van der Waals surface area contributed by atoms with E-state index in [2.05, 4.69) is 0 Å². The fourth-order valence-corrected chi connectivity index (χ4v) is 2.23. The first-order chi connectivity index (χ1) is 11.4. The average Bonchev–Trinajstić information content (AvgIpc) is 2.54. The molecule has 2 atom stereocenters. The Balaban J connectivity index is 2.27. The molecule has 2 N–H and O–H groups in total. The van der Waals surface area contributed by atoms with Crippen LogP contribution in [0.4, 0.5) is 0 Å². The van der Waals surface area contributed by atoms with Gasteiger partial charge >= 0.3 is 17.9 Å². The minimum atomic E-state index is -1.62. The van der Waals surface area contributed by atoms with Crippen LogP contribution in [0.5, 0.6) is 0 Å². The van der Waals surface area contributed by atoms with Gasteiger partial charge in [-0.1, -0.05) is 54.1 Å². The number of ether oxygens (including phenoxy) is 1. The van der Waals surface area contributed by atoms with Crippen molar-refractivity contribution in [3.63, 3.8) is 0 Å². The molecule has 0 spiro atoms. The van der Waals surface area contributed by atoms with Crippen molar-refractivity contribution in [2.45, 2.75) is 12.0 Å². The van der Waals surface area contributed by atoms with Crippen molar-refractivity contribution in [2.75, 3.05) is 0 Å². The van der Waals surface area contributed by atoms with E-state index >= 15 is 0 Å². The molecule has 0 amide bonds. The summed E-state index contributed by atoms with van der Waals surface area (Å²) >= 11 is 5.74. The van der Waals surface area contributed by atoms with Gasteiger partial charge in [0.25, 0.3) is 0 Å². The maximum atomic E-state index is 12.2. The monoisotopic (exact) mass is 348 g/mol. The lowest BCUT2D eigenvalue weighted by atomic mass is 9.99. The minimum absolute atomic E-state index is 0.178. The lowest BCUT2D eigenvalue weighted by Gasteiger charge is -2.17. The first-order valence-electron chi connectivity index (χ1n) is 6.86. The third-order valence-electron chi connectivity index (χ3n) is 3.25. The second-order valence-corrected chi connectivity index (χ2v) is 5.33. The summed E-state index contributed by atoms with van der Waals surface area (Å²) in [6.45, 7) is 0. The Morgan fingerprint density at radius 1 is 0.833 bits per heavy atom. The van der Waals surface area contributed by atoms with E-state index in [-0.39, 0.29) is 11.1 Å². The number of rotatable bonds is 6. The van der Waals surface area contributed by atoms with Gasteiger partial charge in [-0.15, -0.1) is 0 Å². The van der Waals surface area contributed by atoms with Crippen LogP contribution in [0.2, 0.25) is 5.02 Å². The molecule has 6 nitrogen and oxygen atoms in total. The van der Waals surface area contributed by atoms with Gasteiger partial charge in [0.05, 0.1) is 0 Å². The number of carboxylic acids is 2. The van der Waals surface area contributed by atoms with Crippen molar-refractivity contribution in [2.24, 2.45) is 0 Å². The second kappa shape index (κ2) is 7.61. The largest absolute Gasteiger partial charge is 0.480 e. The number of carbonyl (C=O) groups excluding carboxylic acids is 1. The molecule has 7 heteroatoms. The molecule has 0 aliphatic rings. The molecule has 0 aliphatic heterocycles. The number of benzene rings is 2. The van der Waals surface area contributed by atoms with E-state index in [1.165, 1.54) is 36.4 Å². The first kappa shape index (κ1) is 17.5. The van der Waals surface area contributed by atoms with Gasteiger partial charge in [0.15, 0.2) is 5.92 Å². The molecule has 2 aromatic carbocycles. The molecule has 0 fully saturated rings. The highest BCUT2D eigenvalue weighted by Gasteiger charge is 2.34. The van der Waals surface area contributed by atoms with Crippen molar-refractivity contribution in [1.29, 1.82) is 0 Å². The summed E-state index contributed by atoms with van der Waals surface area (Å²) in [6, 6.07) is 13.4. The van der Waals surface area contributed by atoms with Gasteiger partial charge in [0.2, 0.25) is 6.10 Å². The van der Waals surface area contributed by atoms with E-state index in [1.54, 1.807) is 18.2 Å². The molecule has 0 aromatic heterocycles. The van der Waals surface area contributed by atoms with Crippen LogP contribution < -0.4 is 0 Å². The number of halogens is 1. The molecule has 0 saturated heterocycles. The standard InChI is InChI=1S/C17H13ClO6/c18-12-8-6-11(7-9-12)14(16(21)22)24-17(23)13(15(19)20)10-4-2-1-3-5-10/h1-9,13-14H,(H,19,20)(H,21,22). The van der Waals surface area contributed by atoms with Crippen LogP contribution >= 0.6 is 11.6 Å². The van der Waals surface area contributed by atoms with Crippen LogP contribution in [0.25, 0.3) is 0 Å². The Labute approximate surface area is 142 Å². The van der Waals surface area contributed by atoms with E-state index in [9.17, 15) is 24.6 Å². The van der Waals surface area contributed by atoms with Gasteiger partial charge in [0, 0.05) is 10.6 Å². The number of esters is 1. The molecule has 24 heavy (non-hydrogen) atoms. The normalized spacial score (nSPS) is 12.9. The molecule has 0 saturated carbocycles. The van der Waals surface area contributed by atoms with Crippen molar-refractivity contribution in [3.05, 3.63) is 70.7 Å². The lowest BCUT2D eigenvalue weighted by molar-refractivity contribution is -0.168. The van der Waals surface area contributed by atoms with Crippen LogP contribution in [0.15, 0.2) is 54.6 Å². The molecule has 0 radical (unpaired) electrons. The van der Waals surface area contributed by atoms with Crippen molar-refractivity contribution < 1.29 is 29.3 Å². The zero-order valence-electron chi connectivity index (χ0n) is 12.3. The molecule has 2 aromatic rings. The van der Waals surface area contributed by atoms with E-state index in [1.807, 2.05) is 0 Å². The lowest BCUT2D eigenvalue weighted by Crippen LogP contribution is -2.28. The van der Waals surface area contributed by atoms with Crippen LogP contribution in [0.1, 0.15) is 23.1 Å². The van der Waals surface area contributed by atoms with Gasteiger partial charge in [0.1, 0.15) is 0 Å². The third-order valence-corrected chi connectivity index (χ3v) is 3.50. The Morgan fingerprint density at radius 3 is 1.92 bits per heavy atom. The van der Waals surface area contributed by atoms with Crippen LogP contribution in [-0.2, 0) is 19.1 Å². The number of aliphatic carboxylic acids is 2. The van der Waals surface area contributed by atoms with Gasteiger partial charge in [-0.2, -0.15) is 0 Å². The predicted octanol–water partition coefficient (Wildman–Crippen LogP) is 2.88. The highest BCUT2D eigenvalue weighted by molar-refractivity contribution is 6.30. The van der Waals surface area contributed by atoms with Crippen LogP contribution in [0.3, 0.4) is 0 Å². The molecule has 2 rings (SSSR count). The fraction of sp³-hybridized carbons (Fsp3) is 0.118. The predicted molar refractivity (Wildman–Crippen MR) is 84.7 cm³/mol. The summed E-state index contributed by atoms with van der Waals surface area (Å²) in [5, 5.41) is 19.0. The smallest absolute Gasteiger partial charge is 0.349 e. The summed E-state index contributed by atoms with van der Waals surface area (Å²) in [6.07, 6.45) is -1.62. The van der Waals surface area contributed by atoms with Crippen molar-refractivity contribution >= 4 is 29.5 Å². The third kappa shape index (κ3) is 4.11. The van der Waals surface area contributed by atoms with E-state index < -0.39 is 29.9 Å². The number of hydrogen-bond acceptors (Lipinski definition) is 4. The summed E-state index contributed by atoms with van der Waals surface area (Å²) in [5.74, 6) is -5.61. The van der Waals surface area contributed by atoms with E-state index in [0.717, 1.165) is 0 Å². The second-order valence-electron chi connectivity index (χ2n) is 4.89. The molecule has 0 heterocycles. The molecule has 124 valence electrons. The minimum Gasteiger partial charge on any atom is -0.480 e. The van der Waals surface area contributed by atoms with Crippen molar-refractivity contribution in [1.82, 2.24) is 0 Å². The zero-order valence-corrected chi connectivity index (χ0v) is 13.0. The number of hydrogen-bond donors (Lipinski definition) is 2. The van der Waals surface area contributed by atoms with Gasteiger partial charge in [-0.25, -0.2) is 4.79 Å². The van der Waals surface area contributed by atoms with Crippen molar-refractivity contribution in [3.8, 4) is 0 Å². The van der Waals surface area contributed by atoms with Gasteiger partial charge < -0.3 is 14.9 Å². The molecule has 0 bridgehead atoms. The van der Waals surface area contributed by atoms with E-state index in [4.69, 9.17) is 16.3 Å². The highest BCUT2D eigenvalue weighted by Crippen LogP contribution is 2.25. The summed E-state index contributed by atoms with van der Waals surface area (Å²) < 4.78 is 4.95. The summed E-state index contributed by atoms with van der Waals surface area (Å²) in [4.78, 5) is 35.0.